The van der Waals surface area contributed by atoms with Crippen molar-refractivity contribution in [3.8, 4) is 0 Å². The highest BCUT2D eigenvalue weighted by molar-refractivity contribution is 5.81. The number of rotatable bonds is 9. The maximum Gasteiger partial charge on any atom is 0.330 e. The average molecular weight is 502 g/mol. The van der Waals surface area contributed by atoms with Crippen LogP contribution in [0.1, 0.15) is 124 Å². The van der Waals surface area contributed by atoms with Gasteiger partial charge in [-0.1, -0.05) is 33.3 Å². The second-order valence-corrected chi connectivity index (χ2v) is 13.2. The van der Waals surface area contributed by atoms with E-state index in [1.807, 2.05) is 6.92 Å². The van der Waals surface area contributed by atoms with Gasteiger partial charge in [-0.25, -0.2) is 4.79 Å². The maximum absolute atomic E-state index is 11.4. The maximum atomic E-state index is 11.4. The molecule has 0 spiro atoms. The molecule has 4 fully saturated rings. The highest BCUT2D eigenvalue weighted by atomic mass is 16.6. The van der Waals surface area contributed by atoms with E-state index in [0.717, 1.165) is 54.6 Å². The van der Waals surface area contributed by atoms with Crippen LogP contribution >= 0.6 is 0 Å². The zero-order valence-electron chi connectivity index (χ0n) is 23.7. The first-order valence-corrected chi connectivity index (χ1v) is 15.6. The molecule has 1 unspecified atom stereocenters. The fourth-order valence-electron chi connectivity index (χ4n) is 8.13. The third kappa shape index (κ3) is 7.82. The number of carbonyl (C=O) groups excluding carboxylic acids is 1. The highest BCUT2D eigenvalue weighted by Gasteiger charge is 2.39. The van der Waals surface area contributed by atoms with Crippen molar-refractivity contribution in [2.24, 2.45) is 23.7 Å². The normalized spacial score (nSPS) is 38.9. The first-order valence-electron chi connectivity index (χ1n) is 15.6. The molecule has 0 heterocycles. The molecule has 4 nitrogen and oxygen atoms in total. The summed E-state index contributed by atoms with van der Waals surface area (Å²) >= 11 is 0. The van der Waals surface area contributed by atoms with Gasteiger partial charge >= 0.3 is 5.97 Å². The summed E-state index contributed by atoms with van der Waals surface area (Å²) in [6.07, 6.45) is 23.5. The number of hydrogen-bond acceptors (Lipinski definition) is 4. The van der Waals surface area contributed by atoms with Crippen molar-refractivity contribution in [2.45, 2.75) is 154 Å². The highest BCUT2D eigenvalue weighted by Crippen LogP contribution is 2.43. The Balaban J connectivity index is 1.29. The Labute approximate surface area is 221 Å². The van der Waals surface area contributed by atoms with Crippen LogP contribution in [0.15, 0.2) is 12.7 Å². The second kappa shape index (κ2) is 13.8. The van der Waals surface area contributed by atoms with E-state index >= 15 is 0 Å². The van der Waals surface area contributed by atoms with E-state index in [1.165, 1.54) is 96.0 Å². The fraction of sp³-hybridized carbons (Fsp3) is 0.906. The number of esters is 1. The zero-order valence-corrected chi connectivity index (χ0v) is 23.7. The molecule has 206 valence electrons. The molecule has 36 heavy (non-hydrogen) atoms. The van der Waals surface area contributed by atoms with Crippen molar-refractivity contribution < 1.29 is 14.3 Å². The van der Waals surface area contributed by atoms with Gasteiger partial charge in [-0.3, -0.25) is 4.90 Å². The third-order valence-electron chi connectivity index (χ3n) is 10.4. The number of nitrogens with zero attached hydrogens (tertiary/aromatic N) is 1. The summed E-state index contributed by atoms with van der Waals surface area (Å²) < 4.78 is 11.5. The van der Waals surface area contributed by atoms with Crippen molar-refractivity contribution in [2.75, 3.05) is 6.61 Å². The minimum absolute atomic E-state index is 0.212. The van der Waals surface area contributed by atoms with Crippen molar-refractivity contribution in [1.82, 2.24) is 4.90 Å². The van der Waals surface area contributed by atoms with E-state index in [-0.39, 0.29) is 12.1 Å². The van der Waals surface area contributed by atoms with Crippen LogP contribution in [0.25, 0.3) is 0 Å². The van der Waals surface area contributed by atoms with Gasteiger partial charge in [-0.15, -0.1) is 0 Å². The summed E-state index contributed by atoms with van der Waals surface area (Å²) in [6, 6.07) is 2.35. The van der Waals surface area contributed by atoms with E-state index in [9.17, 15) is 4.79 Å². The molecule has 4 aliphatic carbocycles. The lowest BCUT2D eigenvalue weighted by Crippen LogP contribution is -2.53. The van der Waals surface area contributed by atoms with Crippen LogP contribution in [0.4, 0.5) is 0 Å². The SMILES string of the molecule is C=CC(=O)OC(C)COC1CCC(N(C2CCC(C)CC2)C2CCC(C3CCC(C)CC3)CC2)CC1. The Bertz CT molecular complexity index is 663. The summed E-state index contributed by atoms with van der Waals surface area (Å²) in [5, 5.41) is 0. The molecule has 0 aromatic rings. The van der Waals surface area contributed by atoms with E-state index in [2.05, 4.69) is 25.3 Å². The third-order valence-corrected chi connectivity index (χ3v) is 10.4. The summed E-state index contributed by atoms with van der Waals surface area (Å²) in [7, 11) is 0. The minimum atomic E-state index is -0.361. The summed E-state index contributed by atoms with van der Waals surface area (Å²) in [6.45, 7) is 10.8. The number of carbonyl (C=O) groups is 1. The zero-order chi connectivity index (χ0) is 25.5. The van der Waals surface area contributed by atoms with Crippen molar-refractivity contribution in [3.63, 3.8) is 0 Å². The molecule has 0 aromatic carbocycles. The first-order chi connectivity index (χ1) is 17.4. The molecule has 0 saturated heterocycles. The van der Waals surface area contributed by atoms with Crippen LogP contribution in [0, 0.1) is 23.7 Å². The Hall–Kier alpha value is -0.870. The van der Waals surface area contributed by atoms with Gasteiger partial charge in [0.25, 0.3) is 0 Å². The second-order valence-electron chi connectivity index (χ2n) is 13.2. The van der Waals surface area contributed by atoms with Crippen molar-refractivity contribution in [1.29, 1.82) is 0 Å². The van der Waals surface area contributed by atoms with Crippen molar-refractivity contribution >= 4 is 5.97 Å². The van der Waals surface area contributed by atoms with Crippen LogP contribution in [-0.4, -0.2) is 47.8 Å². The molecule has 0 radical (unpaired) electrons. The molecular weight excluding hydrogens is 446 g/mol. The Morgan fingerprint density at radius 1 is 0.750 bits per heavy atom. The predicted octanol–water partition coefficient (Wildman–Crippen LogP) is 7.70. The van der Waals surface area contributed by atoms with Gasteiger partial charge < -0.3 is 9.47 Å². The standard InChI is InChI=1S/C32H55NO3/c1-5-32(34)36-25(4)22-35-31-20-18-30(19-21-31)33(28-14-8-24(3)9-15-28)29-16-12-27(13-17-29)26-10-6-23(2)7-11-26/h5,23-31H,1,6-22H2,2-4H3. The molecule has 0 aliphatic heterocycles. The lowest BCUT2D eigenvalue weighted by molar-refractivity contribution is -0.146. The molecule has 4 saturated carbocycles. The Morgan fingerprint density at radius 2 is 1.17 bits per heavy atom. The quantitative estimate of drug-likeness (QED) is 0.240. The van der Waals surface area contributed by atoms with Gasteiger partial charge in [0.05, 0.1) is 12.7 Å². The Morgan fingerprint density at radius 3 is 1.67 bits per heavy atom. The molecule has 4 rings (SSSR count). The molecule has 4 heteroatoms. The smallest absolute Gasteiger partial charge is 0.330 e. The van der Waals surface area contributed by atoms with E-state index in [4.69, 9.17) is 9.47 Å². The topological polar surface area (TPSA) is 38.8 Å². The number of ether oxygens (including phenoxy) is 2. The largest absolute Gasteiger partial charge is 0.457 e. The Kier molecular flexibility index (Phi) is 10.8. The van der Waals surface area contributed by atoms with E-state index < -0.39 is 0 Å². The van der Waals surface area contributed by atoms with Crippen molar-refractivity contribution in [3.05, 3.63) is 12.7 Å². The van der Waals surface area contributed by atoms with Gasteiger partial charge in [0, 0.05) is 24.2 Å². The molecule has 0 amide bonds. The van der Waals surface area contributed by atoms with Gasteiger partial charge in [-0.2, -0.15) is 0 Å². The molecule has 0 bridgehead atoms. The average Bonchev–Trinajstić information content (AvgIpc) is 2.90. The van der Waals surface area contributed by atoms with Gasteiger partial charge in [0.2, 0.25) is 0 Å². The lowest BCUT2D eigenvalue weighted by atomic mass is 9.70. The monoisotopic (exact) mass is 501 g/mol. The van der Waals surface area contributed by atoms with Crippen LogP contribution in [-0.2, 0) is 14.3 Å². The molecular formula is C32H55NO3. The number of hydrogen-bond donors (Lipinski definition) is 0. The summed E-state index contributed by atoms with van der Waals surface area (Å²) in [5.41, 5.74) is 0. The van der Waals surface area contributed by atoms with E-state index in [1.54, 1.807) is 0 Å². The van der Waals surface area contributed by atoms with Crippen LogP contribution in [0.3, 0.4) is 0 Å². The lowest BCUT2D eigenvalue weighted by Gasteiger charge is -2.50. The fourth-order valence-corrected chi connectivity index (χ4v) is 8.13. The molecule has 0 aromatic heterocycles. The molecule has 1 atom stereocenters. The molecule has 0 N–H and O–H groups in total. The minimum Gasteiger partial charge on any atom is -0.457 e. The van der Waals surface area contributed by atoms with Crippen LogP contribution in [0.2, 0.25) is 0 Å². The summed E-state index contributed by atoms with van der Waals surface area (Å²) in [4.78, 5) is 14.5. The predicted molar refractivity (Wildman–Crippen MR) is 148 cm³/mol. The first kappa shape index (κ1) is 28.1. The molecule has 4 aliphatic rings. The van der Waals surface area contributed by atoms with Gasteiger partial charge in [-0.05, 0) is 120 Å². The van der Waals surface area contributed by atoms with Gasteiger partial charge in [0.1, 0.15) is 6.10 Å². The van der Waals surface area contributed by atoms with Crippen LogP contribution in [0.5, 0.6) is 0 Å². The van der Waals surface area contributed by atoms with Gasteiger partial charge in [0.15, 0.2) is 0 Å². The summed E-state index contributed by atoms with van der Waals surface area (Å²) in [5.74, 6) is 3.54. The van der Waals surface area contributed by atoms with E-state index in [0.29, 0.717) is 12.7 Å². The van der Waals surface area contributed by atoms with Crippen LogP contribution < -0.4 is 0 Å².